The zero-order chi connectivity index (χ0) is 25.2. The van der Waals surface area contributed by atoms with Gasteiger partial charge in [-0.05, 0) is 36.2 Å². The van der Waals surface area contributed by atoms with E-state index in [1.54, 1.807) is 47.4 Å². The zero-order valence-corrected chi connectivity index (χ0v) is 20.3. The Labute approximate surface area is 208 Å². The molecule has 0 N–H and O–H groups in total. The van der Waals surface area contributed by atoms with Gasteiger partial charge in [-0.1, -0.05) is 12.1 Å². The lowest BCUT2D eigenvalue weighted by atomic mass is 9.97. The maximum atomic E-state index is 13.7. The van der Waals surface area contributed by atoms with E-state index in [4.69, 9.17) is 18.6 Å². The Morgan fingerprint density at radius 2 is 1.78 bits per heavy atom. The summed E-state index contributed by atoms with van der Waals surface area (Å²) in [5.41, 5.74) is 1.49. The monoisotopic (exact) mass is 492 g/mol. The van der Waals surface area contributed by atoms with Crippen LogP contribution in [0.1, 0.15) is 44.5 Å². The number of carbonyl (C=O) groups excluding carboxylic acids is 2. The molecule has 5 rings (SSSR count). The van der Waals surface area contributed by atoms with Crippen LogP contribution in [-0.4, -0.2) is 75.3 Å². The van der Waals surface area contributed by atoms with E-state index in [0.717, 1.165) is 31.6 Å². The summed E-state index contributed by atoms with van der Waals surface area (Å²) in [6.07, 6.45) is 0.734. The normalized spacial score (nSPS) is 17.9. The summed E-state index contributed by atoms with van der Waals surface area (Å²) in [5.74, 6) is -0.190. The number of carbonyl (C=O) groups is 2. The summed E-state index contributed by atoms with van der Waals surface area (Å²) in [5, 5.41) is 0.383. The summed E-state index contributed by atoms with van der Waals surface area (Å²) in [6.45, 7) is 4.40. The first-order chi connectivity index (χ1) is 17.5. The summed E-state index contributed by atoms with van der Waals surface area (Å²) < 4.78 is 21.5. The molecule has 1 amide bonds. The van der Waals surface area contributed by atoms with Crippen molar-refractivity contribution in [3.8, 4) is 5.75 Å². The first-order valence-corrected chi connectivity index (χ1v) is 12.0. The average Bonchev–Trinajstić information content (AvgIpc) is 3.20. The first kappa shape index (κ1) is 24.0. The minimum Gasteiger partial charge on any atom is -0.497 e. The average molecular weight is 493 g/mol. The van der Waals surface area contributed by atoms with E-state index in [-0.39, 0.29) is 17.1 Å². The van der Waals surface area contributed by atoms with E-state index in [0.29, 0.717) is 47.6 Å². The molecule has 1 fully saturated rings. The number of rotatable bonds is 7. The Balaban J connectivity index is 1.53. The molecule has 36 heavy (non-hydrogen) atoms. The number of methoxy groups -OCH3 is 2. The van der Waals surface area contributed by atoms with Crippen LogP contribution in [-0.2, 0) is 9.47 Å². The molecule has 2 aliphatic heterocycles. The lowest BCUT2D eigenvalue weighted by Crippen LogP contribution is -2.38. The molecule has 0 radical (unpaired) electrons. The van der Waals surface area contributed by atoms with Crippen LogP contribution in [0.4, 0.5) is 0 Å². The van der Waals surface area contributed by atoms with Crippen LogP contribution in [0.3, 0.4) is 0 Å². The second-order valence-electron chi connectivity index (χ2n) is 8.86. The Morgan fingerprint density at radius 1 is 1.03 bits per heavy atom. The van der Waals surface area contributed by atoms with Crippen molar-refractivity contribution in [2.24, 2.45) is 0 Å². The second-order valence-corrected chi connectivity index (χ2v) is 8.86. The summed E-state index contributed by atoms with van der Waals surface area (Å²) in [4.78, 5) is 43.2. The smallest absolute Gasteiger partial charge is 0.337 e. The molecule has 1 saturated heterocycles. The molecule has 0 aliphatic carbocycles. The maximum Gasteiger partial charge on any atom is 0.337 e. The highest BCUT2D eigenvalue weighted by atomic mass is 16.5. The van der Waals surface area contributed by atoms with Crippen molar-refractivity contribution in [1.29, 1.82) is 0 Å². The molecule has 1 aromatic heterocycles. The Bertz CT molecular complexity index is 1340. The number of ether oxygens (including phenoxy) is 3. The molecule has 0 saturated carbocycles. The molecule has 1 atom stereocenters. The lowest BCUT2D eigenvalue weighted by Gasteiger charge is -2.29. The largest absolute Gasteiger partial charge is 0.497 e. The number of esters is 1. The number of morpholine rings is 1. The van der Waals surface area contributed by atoms with E-state index in [9.17, 15) is 14.4 Å². The molecule has 3 aromatic rings. The van der Waals surface area contributed by atoms with Gasteiger partial charge in [0.1, 0.15) is 11.3 Å². The predicted molar refractivity (Wildman–Crippen MR) is 132 cm³/mol. The topological polar surface area (TPSA) is 98.5 Å². The van der Waals surface area contributed by atoms with E-state index in [2.05, 4.69) is 4.90 Å². The van der Waals surface area contributed by atoms with Gasteiger partial charge in [0.05, 0.1) is 50.0 Å². The van der Waals surface area contributed by atoms with Crippen molar-refractivity contribution in [3.63, 3.8) is 0 Å². The van der Waals surface area contributed by atoms with E-state index >= 15 is 0 Å². The number of benzene rings is 2. The molecule has 3 heterocycles. The molecular formula is C27H28N2O7. The van der Waals surface area contributed by atoms with Crippen molar-refractivity contribution < 1.29 is 28.2 Å². The highest BCUT2D eigenvalue weighted by Gasteiger charge is 2.42. The summed E-state index contributed by atoms with van der Waals surface area (Å²) >= 11 is 0. The first-order valence-electron chi connectivity index (χ1n) is 12.0. The van der Waals surface area contributed by atoms with Crippen LogP contribution in [0.25, 0.3) is 11.0 Å². The molecule has 2 aromatic carbocycles. The van der Waals surface area contributed by atoms with Crippen molar-refractivity contribution in [2.45, 2.75) is 12.5 Å². The molecular weight excluding hydrogens is 464 g/mol. The number of hydrogen-bond acceptors (Lipinski definition) is 8. The third-order valence-corrected chi connectivity index (χ3v) is 6.80. The van der Waals surface area contributed by atoms with Crippen LogP contribution in [0, 0.1) is 0 Å². The number of hydrogen-bond donors (Lipinski definition) is 0. The Hall–Kier alpha value is -3.69. The van der Waals surface area contributed by atoms with Gasteiger partial charge in [0.2, 0.25) is 5.76 Å². The fourth-order valence-electron chi connectivity index (χ4n) is 4.91. The maximum absolute atomic E-state index is 13.7. The molecule has 9 heteroatoms. The summed E-state index contributed by atoms with van der Waals surface area (Å²) in [7, 11) is 2.85. The van der Waals surface area contributed by atoms with Gasteiger partial charge in [0.25, 0.3) is 5.91 Å². The second kappa shape index (κ2) is 10.1. The van der Waals surface area contributed by atoms with Gasteiger partial charge < -0.3 is 23.5 Å². The molecule has 9 nitrogen and oxygen atoms in total. The van der Waals surface area contributed by atoms with Crippen LogP contribution >= 0.6 is 0 Å². The van der Waals surface area contributed by atoms with E-state index in [1.807, 2.05) is 0 Å². The van der Waals surface area contributed by atoms with E-state index in [1.165, 1.54) is 14.2 Å². The van der Waals surface area contributed by atoms with Crippen molar-refractivity contribution in [2.75, 3.05) is 53.6 Å². The van der Waals surface area contributed by atoms with Crippen LogP contribution < -0.4 is 10.2 Å². The molecule has 188 valence electrons. The van der Waals surface area contributed by atoms with Gasteiger partial charge in [0.15, 0.2) is 5.43 Å². The molecule has 2 aliphatic rings. The number of amides is 1. The third kappa shape index (κ3) is 4.36. The highest BCUT2D eigenvalue weighted by molar-refractivity contribution is 5.99. The zero-order valence-electron chi connectivity index (χ0n) is 20.3. The SMILES string of the molecule is COC(=O)c1ccc([C@@H]2c3c(oc4cc(OC)ccc4c3=O)C(=O)N2CCCN2CCOCC2)cc1. The quantitative estimate of drug-likeness (QED) is 0.465. The standard InChI is InChI=1S/C27H28N2O7/c1-33-19-8-9-20-21(16-19)36-25-22(24(20)30)23(17-4-6-18(7-5-17)27(32)34-2)29(26(25)31)11-3-10-28-12-14-35-15-13-28/h4-9,16,23H,3,10-15H2,1-2H3/t23-/m1/s1. The van der Waals surface area contributed by atoms with Crippen LogP contribution in [0.5, 0.6) is 5.75 Å². The summed E-state index contributed by atoms with van der Waals surface area (Å²) in [6, 6.07) is 11.1. The van der Waals surface area contributed by atoms with Gasteiger partial charge in [-0.15, -0.1) is 0 Å². The van der Waals surface area contributed by atoms with Gasteiger partial charge in [0, 0.05) is 32.2 Å². The lowest BCUT2D eigenvalue weighted by molar-refractivity contribution is 0.0353. The minimum absolute atomic E-state index is 0.0502. The minimum atomic E-state index is -0.619. The van der Waals surface area contributed by atoms with Crippen molar-refractivity contribution >= 4 is 22.8 Å². The third-order valence-electron chi connectivity index (χ3n) is 6.80. The number of nitrogens with zero attached hydrogens (tertiary/aromatic N) is 2. The van der Waals surface area contributed by atoms with Crippen molar-refractivity contribution in [3.05, 3.63) is 75.1 Å². The van der Waals surface area contributed by atoms with Gasteiger partial charge in [-0.3, -0.25) is 14.5 Å². The molecule has 0 bridgehead atoms. The van der Waals surface area contributed by atoms with Gasteiger partial charge in [-0.2, -0.15) is 0 Å². The van der Waals surface area contributed by atoms with Gasteiger partial charge >= 0.3 is 5.97 Å². The van der Waals surface area contributed by atoms with Crippen LogP contribution in [0.2, 0.25) is 0 Å². The van der Waals surface area contributed by atoms with E-state index < -0.39 is 12.0 Å². The Morgan fingerprint density at radius 3 is 2.47 bits per heavy atom. The van der Waals surface area contributed by atoms with Crippen molar-refractivity contribution in [1.82, 2.24) is 9.80 Å². The highest BCUT2D eigenvalue weighted by Crippen LogP contribution is 2.38. The van der Waals surface area contributed by atoms with Crippen LogP contribution in [0.15, 0.2) is 51.7 Å². The number of fused-ring (bicyclic) bond motifs is 2. The fraction of sp³-hybridized carbons (Fsp3) is 0.370. The van der Waals surface area contributed by atoms with Gasteiger partial charge in [-0.25, -0.2) is 4.79 Å². The fourth-order valence-corrected chi connectivity index (χ4v) is 4.91. The molecule has 0 unspecified atom stereocenters. The predicted octanol–water partition coefficient (Wildman–Crippen LogP) is 2.86. The molecule has 0 spiro atoms. The Kier molecular flexibility index (Phi) is 6.75.